The largest absolute Gasteiger partial charge is 0.364 e. The highest BCUT2D eigenvalue weighted by Crippen LogP contribution is 2.28. The number of hydrogen-bond acceptors (Lipinski definition) is 1. The van der Waals surface area contributed by atoms with Gasteiger partial charge in [-0.15, -0.1) is 0 Å². The van der Waals surface area contributed by atoms with Crippen LogP contribution in [0.2, 0.25) is 0 Å². The van der Waals surface area contributed by atoms with Crippen molar-refractivity contribution in [1.82, 2.24) is 4.90 Å². The fourth-order valence-corrected chi connectivity index (χ4v) is 1.94. The summed E-state index contributed by atoms with van der Waals surface area (Å²) in [5.74, 6) is 0. The van der Waals surface area contributed by atoms with Gasteiger partial charge in [-0.05, 0) is 38.0 Å². The lowest BCUT2D eigenvalue weighted by atomic mass is 9.90. The van der Waals surface area contributed by atoms with Gasteiger partial charge in [-0.25, -0.2) is 0 Å². The van der Waals surface area contributed by atoms with E-state index in [1.54, 1.807) is 0 Å². The molecule has 0 fully saturated rings. The van der Waals surface area contributed by atoms with E-state index < -0.39 is 0 Å². The molecule has 1 heteroatoms. The quantitative estimate of drug-likeness (QED) is 0.723. The maximum Gasteiger partial charge on any atom is 0.0556 e. The van der Waals surface area contributed by atoms with Gasteiger partial charge in [0.1, 0.15) is 0 Å². The Kier molecular flexibility index (Phi) is 2.86. The van der Waals surface area contributed by atoms with Crippen molar-refractivity contribution in [3.05, 3.63) is 59.8 Å². The van der Waals surface area contributed by atoms with Crippen LogP contribution in [0.4, 0.5) is 0 Å². The first kappa shape index (κ1) is 11.0. The number of allylic oxidation sites excluding steroid dienone is 2. The van der Waals surface area contributed by atoms with E-state index in [0.717, 1.165) is 6.54 Å². The minimum absolute atomic E-state index is 0.116. The fourth-order valence-electron chi connectivity index (χ4n) is 1.94. The summed E-state index contributed by atoms with van der Waals surface area (Å²) >= 11 is 0. The molecule has 0 saturated carbocycles. The molecule has 0 bridgehead atoms. The minimum atomic E-state index is 0.116. The summed E-state index contributed by atoms with van der Waals surface area (Å²) in [6.07, 6.45) is 6.50. The Balaban J connectivity index is 2.18. The molecule has 1 aliphatic rings. The van der Waals surface area contributed by atoms with Crippen molar-refractivity contribution in [2.24, 2.45) is 0 Å². The zero-order chi connectivity index (χ0) is 11.6. The van der Waals surface area contributed by atoms with E-state index in [-0.39, 0.29) is 5.54 Å². The van der Waals surface area contributed by atoms with Crippen LogP contribution in [0.25, 0.3) is 0 Å². The lowest BCUT2D eigenvalue weighted by Gasteiger charge is -2.41. The maximum atomic E-state index is 2.39. The molecule has 2 rings (SSSR count). The summed E-state index contributed by atoms with van der Waals surface area (Å²) in [7, 11) is 0. The summed E-state index contributed by atoms with van der Waals surface area (Å²) < 4.78 is 0. The van der Waals surface area contributed by atoms with Crippen molar-refractivity contribution in [3.8, 4) is 0 Å². The molecule has 0 spiro atoms. The highest BCUT2D eigenvalue weighted by Gasteiger charge is 2.27. The molecule has 1 heterocycles. The Hall–Kier alpha value is -1.50. The van der Waals surface area contributed by atoms with Crippen LogP contribution in [-0.2, 0) is 6.54 Å². The Morgan fingerprint density at radius 1 is 1.12 bits per heavy atom. The smallest absolute Gasteiger partial charge is 0.0556 e. The molecular weight excluding hydrogens is 194 g/mol. The van der Waals surface area contributed by atoms with Crippen LogP contribution in [0.5, 0.6) is 0 Å². The summed E-state index contributed by atoms with van der Waals surface area (Å²) in [6, 6.07) is 10.6. The van der Waals surface area contributed by atoms with Crippen molar-refractivity contribution in [1.29, 1.82) is 0 Å². The number of benzene rings is 1. The number of hydrogen-bond donors (Lipinski definition) is 0. The average Bonchev–Trinajstić information content (AvgIpc) is 2.27. The molecule has 1 nitrogen and oxygen atoms in total. The van der Waals surface area contributed by atoms with Crippen molar-refractivity contribution in [2.75, 3.05) is 0 Å². The molecule has 0 radical (unpaired) electrons. The Morgan fingerprint density at radius 3 is 2.50 bits per heavy atom. The van der Waals surface area contributed by atoms with Gasteiger partial charge in [-0.2, -0.15) is 0 Å². The molecule has 0 aliphatic carbocycles. The van der Waals surface area contributed by atoms with Gasteiger partial charge in [0.15, 0.2) is 0 Å². The standard InChI is InChI=1S/C15H19N/c1-13-8-7-11-16(15(13,2)3)12-14-9-5-4-6-10-14/h4-11H,12H2,1-3H3. The fraction of sp³-hybridized carbons (Fsp3) is 0.333. The topological polar surface area (TPSA) is 3.24 Å². The van der Waals surface area contributed by atoms with Gasteiger partial charge in [-0.1, -0.05) is 36.4 Å². The number of nitrogens with zero attached hydrogens (tertiary/aromatic N) is 1. The first-order valence-corrected chi connectivity index (χ1v) is 5.77. The third-order valence-corrected chi connectivity index (χ3v) is 3.49. The van der Waals surface area contributed by atoms with Gasteiger partial charge in [0, 0.05) is 12.7 Å². The van der Waals surface area contributed by atoms with Gasteiger partial charge in [0.25, 0.3) is 0 Å². The molecule has 0 saturated heterocycles. The van der Waals surface area contributed by atoms with Gasteiger partial charge in [-0.3, -0.25) is 0 Å². The van der Waals surface area contributed by atoms with E-state index in [4.69, 9.17) is 0 Å². The lowest BCUT2D eigenvalue weighted by Crippen LogP contribution is -2.42. The van der Waals surface area contributed by atoms with E-state index in [1.165, 1.54) is 11.1 Å². The Morgan fingerprint density at radius 2 is 1.81 bits per heavy atom. The molecule has 16 heavy (non-hydrogen) atoms. The summed E-state index contributed by atoms with van der Waals surface area (Å²) in [4.78, 5) is 2.39. The first-order chi connectivity index (χ1) is 7.60. The van der Waals surface area contributed by atoms with Gasteiger partial charge < -0.3 is 4.90 Å². The zero-order valence-corrected chi connectivity index (χ0v) is 10.3. The second kappa shape index (κ2) is 4.17. The zero-order valence-electron chi connectivity index (χ0n) is 10.3. The van der Waals surface area contributed by atoms with E-state index in [9.17, 15) is 0 Å². The highest BCUT2D eigenvalue weighted by atomic mass is 15.2. The SMILES string of the molecule is CC1=CC=CN(Cc2ccccc2)C1(C)C. The van der Waals surface area contributed by atoms with Gasteiger partial charge in [0.05, 0.1) is 5.54 Å². The van der Waals surface area contributed by atoms with Gasteiger partial charge in [0.2, 0.25) is 0 Å². The third-order valence-electron chi connectivity index (χ3n) is 3.49. The Labute approximate surface area is 98.1 Å². The summed E-state index contributed by atoms with van der Waals surface area (Å²) in [6.45, 7) is 7.70. The van der Waals surface area contributed by atoms with E-state index in [1.807, 2.05) is 0 Å². The molecule has 1 aromatic rings. The molecular formula is C15H19N. The van der Waals surface area contributed by atoms with Crippen molar-refractivity contribution >= 4 is 0 Å². The molecule has 0 N–H and O–H groups in total. The molecule has 0 unspecified atom stereocenters. The highest BCUT2D eigenvalue weighted by molar-refractivity contribution is 5.27. The minimum Gasteiger partial charge on any atom is -0.364 e. The summed E-state index contributed by atoms with van der Waals surface area (Å²) in [5.41, 5.74) is 2.88. The predicted molar refractivity (Wildman–Crippen MR) is 69.0 cm³/mol. The normalized spacial score (nSPS) is 18.4. The van der Waals surface area contributed by atoms with E-state index >= 15 is 0 Å². The van der Waals surface area contributed by atoms with Crippen molar-refractivity contribution in [3.63, 3.8) is 0 Å². The van der Waals surface area contributed by atoms with Crippen LogP contribution < -0.4 is 0 Å². The molecule has 0 atom stereocenters. The van der Waals surface area contributed by atoms with Crippen LogP contribution in [0.1, 0.15) is 26.3 Å². The third kappa shape index (κ3) is 2.04. The second-order valence-electron chi connectivity index (χ2n) is 4.86. The van der Waals surface area contributed by atoms with Crippen LogP contribution in [0.15, 0.2) is 54.3 Å². The van der Waals surface area contributed by atoms with E-state index in [2.05, 4.69) is 74.4 Å². The van der Waals surface area contributed by atoms with Crippen molar-refractivity contribution < 1.29 is 0 Å². The molecule has 84 valence electrons. The van der Waals surface area contributed by atoms with E-state index in [0.29, 0.717) is 0 Å². The lowest BCUT2D eigenvalue weighted by molar-refractivity contribution is 0.211. The second-order valence-corrected chi connectivity index (χ2v) is 4.86. The molecule has 0 aromatic heterocycles. The average molecular weight is 213 g/mol. The van der Waals surface area contributed by atoms with Gasteiger partial charge >= 0.3 is 0 Å². The van der Waals surface area contributed by atoms with Crippen LogP contribution in [0.3, 0.4) is 0 Å². The Bertz CT molecular complexity index is 412. The first-order valence-electron chi connectivity index (χ1n) is 5.77. The van der Waals surface area contributed by atoms with Crippen molar-refractivity contribution in [2.45, 2.75) is 32.9 Å². The van der Waals surface area contributed by atoms with Crippen LogP contribution >= 0.6 is 0 Å². The van der Waals surface area contributed by atoms with Crippen LogP contribution in [0, 0.1) is 0 Å². The molecule has 0 amide bonds. The predicted octanol–water partition coefficient (Wildman–Crippen LogP) is 3.74. The monoisotopic (exact) mass is 213 g/mol. The molecule has 1 aromatic carbocycles. The maximum absolute atomic E-state index is 2.39. The summed E-state index contributed by atoms with van der Waals surface area (Å²) in [5, 5.41) is 0. The van der Waals surface area contributed by atoms with Crippen LogP contribution in [-0.4, -0.2) is 10.4 Å². The molecule has 1 aliphatic heterocycles. The number of rotatable bonds is 2.